The summed E-state index contributed by atoms with van der Waals surface area (Å²) >= 11 is 0. The average molecular weight is 517 g/mol. The van der Waals surface area contributed by atoms with Crippen molar-refractivity contribution in [1.29, 1.82) is 0 Å². The Hall–Kier alpha value is -2.23. The molecule has 0 atom stereocenters. The molecule has 6 nitrogen and oxygen atoms in total. The van der Waals surface area contributed by atoms with E-state index in [4.69, 9.17) is 9.47 Å². The monoisotopic (exact) mass is 517 g/mol. The molecule has 0 aromatic heterocycles. The number of guanidine groups is 1. The van der Waals surface area contributed by atoms with Crippen LogP contribution >= 0.6 is 24.0 Å². The Morgan fingerprint density at radius 1 is 1.21 bits per heavy atom. The first kappa shape index (κ1) is 24.8. The predicted octanol–water partition coefficient (Wildman–Crippen LogP) is 3.68. The topological polar surface area (TPSA) is 66.3 Å². The van der Waals surface area contributed by atoms with Crippen molar-refractivity contribution in [3.8, 4) is 17.2 Å². The molecule has 0 fully saturated rings. The van der Waals surface area contributed by atoms with Gasteiger partial charge in [0, 0.05) is 20.1 Å². The van der Waals surface area contributed by atoms with E-state index in [9.17, 15) is 9.50 Å². The molecule has 0 saturated heterocycles. The molecule has 2 N–H and O–H groups in total. The average Bonchev–Trinajstić information content (AvgIpc) is 2.70. The second-order valence-corrected chi connectivity index (χ2v) is 6.22. The zero-order valence-electron chi connectivity index (χ0n) is 17.0. The van der Waals surface area contributed by atoms with E-state index in [-0.39, 0.29) is 35.5 Å². The maximum Gasteiger partial charge on any atom is 0.193 e. The highest BCUT2D eigenvalue weighted by Crippen LogP contribution is 2.26. The first-order valence-corrected chi connectivity index (χ1v) is 9.27. The molecule has 2 aromatic carbocycles. The minimum absolute atomic E-state index is 0. The standard InChI is InChI=1S/C21H28FN3O3.HI/c1-4-23-21(24-12-11-16-5-10-19(26)20(15-16)27-3)25(2)13-14-28-18-8-6-17(22)7-9-18;/h5-10,15,26H,4,11-14H2,1-3H3,(H,23,24);1H. The number of nitrogens with one attached hydrogen (secondary N) is 1. The molecule has 0 unspecified atom stereocenters. The summed E-state index contributed by atoms with van der Waals surface area (Å²) in [4.78, 5) is 6.64. The molecule has 0 amide bonds. The number of hydrogen-bond acceptors (Lipinski definition) is 4. The van der Waals surface area contributed by atoms with Gasteiger partial charge in [-0.15, -0.1) is 24.0 Å². The van der Waals surface area contributed by atoms with Gasteiger partial charge in [0.25, 0.3) is 0 Å². The van der Waals surface area contributed by atoms with Gasteiger partial charge in [0.2, 0.25) is 0 Å². The van der Waals surface area contributed by atoms with E-state index in [1.807, 2.05) is 31.0 Å². The SMILES string of the molecule is CCNC(=NCCc1ccc(O)c(OC)c1)N(C)CCOc1ccc(F)cc1.I. The minimum atomic E-state index is -0.280. The Kier molecular flexibility index (Phi) is 11.2. The Labute approximate surface area is 188 Å². The molecule has 8 heteroatoms. The molecule has 2 rings (SSSR count). The van der Waals surface area contributed by atoms with Crippen LogP contribution in [0.3, 0.4) is 0 Å². The lowest BCUT2D eigenvalue weighted by atomic mass is 10.1. The van der Waals surface area contributed by atoms with E-state index in [2.05, 4.69) is 10.3 Å². The molecule has 160 valence electrons. The zero-order chi connectivity index (χ0) is 20.4. The van der Waals surface area contributed by atoms with Crippen molar-refractivity contribution in [2.45, 2.75) is 13.3 Å². The molecule has 0 heterocycles. The molecule has 0 aliphatic heterocycles. The number of rotatable bonds is 9. The van der Waals surface area contributed by atoms with Gasteiger partial charge in [-0.3, -0.25) is 4.99 Å². The van der Waals surface area contributed by atoms with Crippen LogP contribution in [0.15, 0.2) is 47.5 Å². The van der Waals surface area contributed by atoms with Crippen LogP contribution < -0.4 is 14.8 Å². The van der Waals surface area contributed by atoms with Crippen LogP contribution in [-0.4, -0.2) is 56.4 Å². The van der Waals surface area contributed by atoms with E-state index in [0.29, 0.717) is 31.2 Å². The molecule has 0 radical (unpaired) electrons. The highest BCUT2D eigenvalue weighted by molar-refractivity contribution is 14.0. The third-order valence-corrected chi connectivity index (χ3v) is 4.11. The number of phenols is 1. The van der Waals surface area contributed by atoms with Gasteiger partial charge in [-0.05, 0) is 55.3 Å². The van der Waals surface area contributed by atoms with E-state index in [0.717, 1.165) is 24.5 Å². The fourth-order valence-corrected chi connectivity index (χ4v) is 2.58. The highest BCUT2D eigenvalue weighted by Gasteiger charge is 2.07. The first-order chi connectivity index (χ1) is 13.5. The van der Waals surface area contributed by atoms with Crippen LogP contribution in [-0.2, 0) is 6.42 Å². The summed E-state index contributed by atoms with van der Waals surface area (Å²) in [6.07, 6.45) is 0.728. The van der Waals surface area contributed by atoms with E-state index < -0.39 is 0 Å². The zero-order valence-corrected chi connectivity index (χ0v) is 19.4. The molecule has 0 aliphatic carbocycles. The number of aromatic hydroxyl groups is 1. The van der Waals surface area contributed by atoms with Crippen molar-refractivity contribution in [1.82, 2.24) is 10.2 Å². The van der Waals surface area contributed by atoms with Crippen molar-refractivity contribution >= 4 is 29.9 Å². The lowest BCUT2D eigenvalue weighted by Crippen LogP contribution is -2.41. The van der Waals surface area contributed by atoms with Gasteiger partial charge in [-0.25, -0.2) is 4.39 Å². The van der Waals surface area contributed by atoms with Crippen molar-refractivity contribution in [3.05, 3.63) is 53.8 Å². The van der Waals surface area contributed by atoms with Crippen molar-refractivity contribution in [3.63, 3.8) is 0 Å². The van der Waals surface area contributed by atoms with Gasteiger partial charge >= 0.3 is 0 Å². The maximum absolute atomic E-state index is 12.9. The smallest absolute Gasteiger partial charge is 0.193 e. The molecule has 0 spiro atoms. The summed E-state index contributed by atoms with van der Waals surface area (Å²) in [5, 5.41) is 12.9. The van der Waals surface area contributed by atoms with Crippen LogP contribution in [0.4, 0.5) is 4.39 Å². The largest absolute Gasteiger partial charge is 0.504 e. The number of methoxy groups -OCH3 is 1. The van der Waals surface area contributed by atoms with Gasteiger partial charge in [-0.2, -0.15) is 0 Å². The number of hydrogen-bond donors (Lipinski definition) is 2. The summed E-state index contributed by atoms with van der Waals surface area (Å²) < 4.78 is 23.7. The lowest BCUT2D eigenvalue weighted by Gasteiger charge is -2.22. The Bertz CT molecular complexity index is 772. The quantitative estimate of drug-likeness (QED) is 0.302. The lowest BCUT2D eigenvalue weighted by molar-refractivity contribution is 0.281. The van der Waals surface area contributed by atoms with Gasteiger partial charge in [0.05, 0.1) is 13.7 Å². The Morgan fingerprint density at radius 2 is 1.93 bits per heavy atom. The van der Waals surface area contributed by atoms with Gasteiger partial charge < -0.3 is 24.8 Å². The van der Waals surface area contributed by atoms with E-state index >= 15 is 0 Å². The molecule has 29 heavy (non-hydrogen) atoms. The van der Waals surface area contributed by atoms with Gasteiger partial charge in [-0.1, -0.05) is 6.07 Å². The normalized spacial score (nSPS) is 10.8. The number of ether oxygens (including phenoxy) is 2. The van der Waals surface area contributed by atoms with Gasteiger partial charge in [0.1, 0.15) is 18.2 Å². The summed E-state index contributed by atoms with van der Waals surface area (Å²) in [7, 11) is 3.47. The first-order valence-electron chi connectivity index (χ1n) is 9.27. The fourth-order valence-electron chi connectivity index (χ4n) is 2.58. The maximum atomic E-state index is 12.9. The number of halogens is 2. The van der Waals surface area contributed by atoms with Crippen LogP contribution in [0.25, 0.3) is 0 Å². The number of aliphatic imine (C=N–C) groups is 1. The van der Waals surface area contributed by atoms with Gasteiger partial charge in [0.15, 0.2) is 17.5 Å². The predicted molar refractivity (Wildman–Crippen MR) is 124 cm³/mol. The van der Waals surface area contributed by atoms with Crippen molar-refractivity contribution < 1.29 is 19.0 Å². The molecule has 2 aromatic rings. The third kappa shape index (κ3) is 8.35. The number of phenolic OH excluding ortho intramolecular Hbond substituents is 1. The van der Waals surface area contributed by atoms with E-state index in [1.54, 1.807) is 18.2 Å². The highest BCUT2D eigenvalue weighted by atomic mass is 127. The summed E-state index contributed by atoms with van der Waals surface area (Å²) in [5.41, 5.74) is 1.04. The fraction of sp³-hybridized carbons (Fsp3) is 0.381. The van der Waals surface area contributed by atoms with Crippen LogP contribution in [0.5, 0.6) is 17.2 Å². The van der Waals surface area contributed by atoms with Crippen LogP contribution in [0.1, 0.15) is 12.5 Å². The third-order valence-electron chi connectivity index (χ3n) is 4.11. The number of likely N-dealkylation sites (N-methyl/N-ethyl adjacent to an activating group) is 1. The summed E-state index contributed by atoms with van der Waals surface area (Å²) in [6, 6.07) is 11.3. The number of nitrogens with zero attached hydrogens (tertiary/aromatic N) is 2. The molecular formula is C21H29FIN3O3. The number of benzene rings is 2. The second-order valence-electron chi connectivity index (χ2n) is 6.22. The summed E-state index contributed by atoms with van der Waals surface area (Å²) in [5.74, 6) is 1.73. The second kappa shape index (κ2) is 13.1. The molecule has 0 bridgehead atoms. The van der Waals surface area contributed by atoms with E-state index in [1.165, 1.54) is 19.2 Å². The molecule has 0 saturated carbocycles. The summed E-state index contributed by atoms with van der Waals surface area (Å²) in [6.45, 7) is 4.47. The van der Waals surface area contributed by atoms with Crippen LogP contribution in [0, 0.1) is 5.82 Å². The Balaban J connectivity index is 0.00000420. The van der Waals surface area contributed by atoms with Crippen molar-refractivity contribution in [2.24, 2.45) is 4.99 Å². The minimum Gasteiger partial charge on any atom is -0.504 e. The Morgan fingerprint density at radius 3 is 2.59 bits per heavy atom. The van der Waals surface area contributed by atoms with Crippen molar-refractivity contribution in [2.75, 3.05) is 40.4 Å². The molecule has 0 aliphatic rings. The van der Waals surface area contributed by atoms with Crippen LogP contribution in [0.2, 0.25) is 0 Å². The molecular weight excluding hydrogens is 488 g/mol.